The predicted molar refractivity (Wildman–Crippen MR) is 161 cm³/mol. The van der Waals surface area contributed by atoms with Crippen molar-refractivity contribution in [1.82, 2.24) is 15.0 Å². The van der Waals surface area contributed by atoms with E-state index in [1.807, 2.05) is 48.5 Å². The quantitative estimate of drug-likeness (QED) is 0.101. The van der Waals surface area contributed by atoms with Gasteiger partial charge in [0.1, 0.15) is 18.1 Å². The maximum atomic E-state index is 13.7. The third-order valence-electron chi connectivity index (χ3n) is 7.40. The number of esters is 1. The van der Waals surface area contributed by atoms with Crippen LogP contribution in [0.5, 0.6) is 0 Å². The zero-order valence-corrected chi connectivity index (χ0v) is 27.9. The smallest absolute Gasteiger partial charge is 0.305 e. The summed E-state index contributed by atoms with van der Waals surface area (Å²) >= 11 is 0. The van der Waals surface area contributed by atoms with Crippen LogP contribution < -0.4 is 4.90 Å². The van der Waals surface area contributed by atoms with Crippen LogP contribution in [0.2, 0.25) is 0 Å². The van der Waals surface area contributed by atoms with Crippen LogP contribution in [0.25, 0.3) is 22.5 Å². The first-order valence-corrected chi connectivity index (χ1v) is 15.0. The van der Waals surface area contributed by atoms with Gasteiger partial charge in [-0.2, -0.15) is 0 Å². The van der Waals surface area contributed by atoms with Crippen molar-refractivity contribution in [2.24, 2.45) is 0 Å². The molecule has 0 bridgehead atoms. The summed E-state index contributed by atoms with van der Waals surface area (Å²) < 4.78 is 12.5. The van der Waals surface area contributed by atoms with E-state index >= 15 is 0 Å². The van der Waals surface area contributed by atoms with Crippen molar-refractivity contribution < 1.29 is 44.9 Å². The molecule has 2 aromatic carbocycles. The van der Waals surface area contributed by atoms with E-state index < -0.39 is 0 Å². The second kappa shape index (κ2) is 17.8. The van der Waals surface area contributed by atoms with Gasteiger partial charge in [-0.15, -0.1) is 5.10 Å². The van der Waals surface area contributed by atoms with Crippen LogP contribution in [-0.2, 0) is 58.0 Å². The van der Waals surface area contributed by atoms with Crippen molar-refractivity contribution in [3.8, 4) is 22.5 Å². The third kappa shape index (κ3) is 9.41. The summed E-state index contributed by atoms with van der Waals surface area (Å²) in [6, 6.07) is 15.6. The van der Waals surface area contributed by atoms with Crippen LogP contribution in [0.4, 0.5) is 5.69 Å². The summed E-state index contributed by atoms with van der Waals surface area (Å²) in [5, 5.41) is 9.01. The topological polar surface area (TPSA) is 104 Å². The Labute approximate surface area is 268 Å². The van der Waals surface area contributed by atoms with Crippen LogP contribution >= 0.6 is 0 Å². The minimum absolute atomic E-state index is 0. The minimum atomic E-state index is -0.204. The summed E-state index contributed by atoms with van der Waals surface area (Å²) in [4.78, 5) is 39.9. The fraction of sp³-hybridized carbons (Fsp3) is 0.455. The molecule has 10 heteroatoms. The number of anilines is 1. The molecule has 0 saturated carbocycles. The molecule has 0 fully saturated rings. The largest absolute Gasteiger partial charge is 0.464 e. The monoisotopic (exact) mass is 757 g/mol. The van der Waals surface area contributed by atoms with Gasteiger partial charge in [0.25, 0.3) is 0 Å². The van der Waals surface area contributed by atoms with Gasteiger partial charge in [-0.3, -0.25) is 14.4 Å². The molecule has 3 aromatic rings. The van der Waals surface area contributed by atoms with Gasteiger partial charge in [-0.25, -0.2) is 4.68 Å². The van der Waals surface area contributed by atoms with Crippen LogP contribution in [0, 0.1) is 6.92 Å². The molecule has 0 unspecified atom stereocenters. The molecule has 1 aliphatic rings. The van der Waals surface area contributed by atoms with Gasteiger partial charge in [-0.1, -0.05) is 80.5 Å². The van der Waals surface area contributed by atoms with Crippen LogP contribution in [0.1, 0.15) is 70.3 Å². The number of hydrogen-bond acceptors (Lipinski definition) is 7. The molecule has 230 valence electrons. The van der Waals surface area contributed by atoms with E-state index in [1.165, 1.54) is 0 Å². The van der Waals surface area contributed by atoms with E-state index in [-0.39, 0.29) is 51.8 Å². The molecule has 0 saturated heterocycles. The number of ketones is 1. The van der Waals surface area contributed by atoms with Crippen molar-refractivity contribution in [2.45, 2.75) is 77.8 Å². The SMILES string of the molecule is [CH2-]COCCC(=O)CCCC(=O)N1Cc2ccccc2-c2nnn(CCOC(=O)CCCCCC)c2-c2ccccc21.[W]. The van der Waals surface area contributed by atoms with Gasteiger partial charge in [0.2, 0.25) is 5.91 Å². The number of para-hydroxylation sites is 1. The van der Waals surface area contributed by atoms with Gasteiger partial charge >= 0.3 is 5.97 Å². The second-order valence-corrected chi connectivity index (χ2v) is 10.4. The first-order valence-electron chi connectivity index (χ1n) is 15.0. The second-order valence-electron chi connectivity index (χ2n) is 10.4. The number of rotatable bonds is 16. The Hall–Kier alpha value is -3.16. The molecule has 4 rings (SSSR count). The van der Waals surface area contributed by atoms with E-state index in [2.05, 4.69) is 24.2 Å². The number of nitrogens with zero attached hydrogens (tertiary/aromatic N) is 4. The molecule has 0 atom stereocenters. The molecule has 43 heavy (non-hydrogen) atoms. The number of hydrogen-bond donors (Lipinski definition) is 0. The third-order valence-corrected chi connectivity index (χ3v) is 7.40. The van der Waals surface area contributed by atoms with Crippen LogP contribution in [0.15, 0.2) is 48.5 Å². The molecule has 0 N–H and O–H groups in total. The molecular weight excluding hydrogens is 716 g/mol. The standard InChI is InChI=1S/C33H41N4O5.W/c1-3-5-6-7-19-31(40)42-23-21-37-33-28-16-10-11-17-29(28)36(30(39)18-12-14-26(38)20-22-41-4-2)24-25-13-8-9-15-27(25)32(33)34-35-37;/h8-11,13,15-17H,2-7,12,14,18-24H2,1H3;/q-1;. The molecule has 0 radical (unpaired) electrons. The average Bonchev–Trinajstić information content (AvgIpc) is 3.40. The van der Waals surface area contributed by atoms with E-state index in [1.54, 1.807) is 9.58 Å². The summed E-state index contributed by atoms with van der Waals surface area (Å²) in [5.41, 5.74) is 4.94. The number of Topliss-reactive ketones (excluding diaryl/α,β-unsaturated/α-hetero) is 1. The first-order chi connectivity index (χ1) is 20.5. The molecule has 1 amide bonds. The Kier molecular flexibility index (Phi) is 14.2. The first kappa shape index (κ1) is 34.3. The number of aromatic nitrogens is 3. The van der Waals surface area contributed by atoms with Crippen LogP contribution in [0.3, 0.4) is 0 Å². The van der Waals surface area contributed by atoms with Gasteiger partial charge in [-0.05, 0) is 24.5 Å². The van der Waals surface area contributed by atoms with E-state index in [0.717, 1.165) is 59.4 Å². The number of ether oxygens (including phenoxy) is 2. The van der Waals surface area contributed by atoms with Crippen molar-refractivity contribution in [3.63, 3.8) is 0 Å². The maximum Gasteiger partial charge on any atom is 0.305 e. The van der Waals surface area contributed by atoms with Crippen LogP contribution in [-0.4, -0.2) is 52.5 Å². The Balaban J connectivity index is 0.00000506. The Bertz CT molecular complexity index is 1360. The van der Waals surface area contributed by atoms with Crippen molar-refractivity contribution >= 4 is 23.3 Å². The van der Waals surface area contributed by atoms with Gasteiger partial charge in [0.05, 0.1) is 24.5 Å². The van der Waals surface area contributed by atoms with Crippen molar-refractivity contribution in [3.05, 3.63) is 61.0 Å². The molecule has 9 nitrogen and oxygen atoms in total. The Morgan fingerprint density at radius 2 is 1.65 bits per heavy atom. The normalized spacial score (nSPS) is 11.8. The summed E-state index contributed by atoms with van der Waals surface area (Å²) in [6.07, 6.45) is 5.88. The summed E-state index contributed by atoms with van der Waals surface area (Å²) in [5.74, 6) is -0.181. The number of benzene rings is 2. The molecule has 0 aliphatic carbocycles. The molecular formula is C33H41N4O5W-. The number of amides is 1. The van der Waals surface area contributed by atoms with E-state index in [4.69, 9.17) is 9.47 Å². The summed E-state index contributed by atoms with van der Waals surface area (Å²) in [6.45, 7) is 7.34. The fourth-order valence-electron chi connectivity index (χ4n) is 5.19. The molecule has 0 spiro atoms. The zero-order valence-electron chi connectivity index (χ0n) is 25.0. The molecule has 1 aliphatic heterocycles. The number of unbranched alkanes of at least 4 members (excludes halogenated alkanes) is 3. The van der Waals surface area contributed by atoms with Gasteiger partial charge in [0.15, 0.2) is 0 Å². The predicted octanol–water partition coefficient (Wildman–Crippen LogP) is 5.95. The number of fused-ring (bicyclic) bond motifs is 5. The molecule has 1 aromatic heterocycles. The summed E-state index contributed by atoms with van der Waals surface area (Å²) in [7, 11) is 0. The van der Waals surface area contributed by atoms with Crippen molar-refractivity contribution in [1.29, 1.82) is 0 Å². The number of carbonyl (C=O) groups excluding carboxylic acids is 3. The molecule has 2 heterocycles. The average molecular weight is 758 g/mol. The van der Waals surface area contributed by atoms with E-state index in [9.17, 15) is 14.4 Å². The zero-order chi connectivity index (χ0) is 29.7. The maximum absolute atomic E-state index is 13.7. The minimum Gasteiger partial charge on any atom is -0.464 e. The Morgan fingerprint density at radius 1 is 0.884 bits per heavy atom. The van der Waals surface area contributed by atoms with Gasteiger partial charge in [0, 0.05) is 64.5 Å². The Morgan fingerprint density at radius 3 is 2.44 bits per heavy atom. The van der Waals surface area contributed by atoms with Crippen molar-refractivity contribution in [2.75, 3.05) is 24.7 Å². The van der Waals surface area contributed by atoms with Gasteiger partial charge < -0.3 is 21.3 Å². The number of carbonyl (C=O) groups is 3. The van der Waals surface area contributed by atoms with E-state index in [0.29, 0.717) is 52.0 Å². The fourth-order valence-corrected chi connectivity index (χ4v) is 5.19.